The lowest BCUT2D eigenvalue weighted by Crippen LogP contribution is -2.39. The highest BCUT2D eigenvalue weighted by Gasteiger charge is 2.35. The van der Waals surface area contributed by atoms with Gasteiger partial charge in [-0.1, -0.05) is 25.4 Å². The normalized spacial score (nSPS) is 15.1. The third-order valence-corrected chi connectivity index (χ3v) is 2.92. The van der Waals surface area contributed by atoms with Crippen molar-refractivity contribution in [2.45, 2.75) is 39.2 Å². The molecule has 5 heteroatoms. The van der Waals surface area contributed by atoms with Gasteiger partial charge in [0, 0.05) is 6.20 Å². The van der Waals surface area contributed by atoms with Gasteiger partial charge in [-0.25, -0.2) is 4.79 Å². The second-order valence-corrected chi connectivity index (χ2v) is 5.05. The van der Waals surface area contributed by atoms with E-state index in [0.717, 1.165) is 6.42 Å². The van der Waals surface area contributed by atoms with Crippen LogP contribution in [0.2, 0.25) is 5.02 Å². The fourth-order valence-corrected chi connectivity index (χ4v) is 1.60. The van der Waals surface area contributed by atoms with Crippen molar-refractivity contribution in [2.24, 2.45) is 5.92 Å². The maximum atomic E-state index is 11.3. The van der Waals surface area contributed by atoms with Crippen molar-refractivity contribution in [3.05, 3.63) is 17.4 Å². The molecule has 4 nitrogen and oxygen atoms in total. The van der Waals surface area contributed by atoms with E-state index in [4.69, 9.17) is 11.6 Å². The number of carbonyl (C=O) groups is 1. The Hall–Kier alpha value is -1.03. The molecule has 1 atom stereocenters. The molecule has 0 aromatic carbocycles. The highest BCUT2D eigenvalue weighted by Crippen LogP contribution is 2.25. The van der Waals surface area contributed by atoms with Crippen LogP contribution >= 0.6 is 11.6 Å². The zero-order chi connectivity index (χ0) is 12.3. The molecule has 1 aromatic heterocycles. The van der Waals surface area contributed by atoms with Gasteiger partial charge in [0.25, 0.3) is 0 Å². The average molecular weight is 245 g/mol. The molecule has 1 unspecified atom stereocenters. The van der Waals surface area contributed by atoms with Gasteiger partial charge in [0.05, 0.1) is 11.2 Å². The zero-order valence-corrected chi connectivity index (χ0v) is 10.5. The third-order valence-electron chi connectivity index (χ3n) is 2.73. The van der Waals surface area contributed by atoms with Crippen LogP contribution in [0.5, 0.6) is 0 Å². The first-order chi connectivity index (χ1) is 7.36. The molecule has 0 aliphatic carbocycles. The Bertz CT molecular complexity index is 376. The van der Waals surface area contributed by atoms with E-state index in [0.29, 0.717) is 17.4 Å². The Morgan fingerprint density at radius 3 is 2.69 bits per heavy atom. The van der Waals surface area contributed by atoms with Crippen molar-refractivity contribution < 1.29 is 9.90 Å². The molecule has 1 rings (SSSR count). The standard InChI is InChI=1S/C11H17ClN2O2/c1-8(2)4-5-11(3,10(15)16)14-7-9(12)6-13-14/h6-8H,4-5H2,1-3H3,(H,15,16). The van der Waals surface area contributed by atoms with Gasteiger partial charge in [0.15, 0.2) is 5.54 Å². The summed E-state index contributed by atoms with van der Waals surface area (Å²) in [5.74, 6) is -0.419. The molecule has 0 aliphatic rings. The lowest BCUT2D eigenvalue weighted by Gasteiger charge is -2.26. The molecule has 0 bridgehead atoms. The summed E-state index contributed by atoms with van der Waals surface area (Å²) in [5, 5.41) is 13.8. The van der Waals surface area contributed by atoms with E-state index < -0.39 is 11.5 Å². The predicted octanol–water partition coefficient (Wildman–Crippen LogP) is 2.77. The molecule has 0 radical (unpaired) electrons. The van der Waals surface area contributed by atoms with E-state index >= 15 is 0 Å². The fraction of sp³-hybridized carbons (Fsp3) is 0.636. The van der Waals surface area contributed by atoms with Crippen LogP contribution < -0.4 is 0 Å². The zero-order valence-electron chi connectivity index (χ0n) is 9.77. The largest absolute Gasteiger partial charge is 0.479 e. The van der Waals surface area contributed by atoms with Gasteiger partial charge in [-0.15, -0.1) is 0 Å². The first kappa shape index (κ1) is 13.0. The third kappa shape index (κ3) is 2.76. The summed E-state index contributed by atoms with van der Waals surface area (Å²) in [6.45, 7) is 5.80. The summed E-state index contributed by atoms with van der Waals surface area (Å²) in [6, 6.07) is 0. The smallest absolute Gasteiger partial charge is 0.331 e. The summed E-state index contributed by atoms with van der Waals surface area (Å²) in [7, 11) is 0. The molecule has 0 amide bonds. The molecule has 0 spiro atoms. The molecule has 1 N–H and O–H groups in total. The van der Waals surface area contributed by atoms with E-state index in [1.807, 2.05) is 0 Å². The fourth-order valence-electron chi connectivity index (χ4n) is 1.46. The van der Waals surface area contributed by atoms with Crippen LogP contribution in [0.3, 0.4) is 0 Å². The van der Waals surface area contributed by atoms with E-state index in [1.54, 1.807) is 13.1 Å². The Morgan fingerprint density at radius 1 is 1.69 bits per heavy atom. The Morgan fingerprint density at radius 2 is 2.31 bits per heavy atom. The first-order valence-corrected chi connectivity index (χ1v) is 5.68. The van der Waals surface area contributed by atoms with E-state index in [2.05, 4.69) is 18.9 Å². The van der Waals surface area contributed by atoms with E-state index in [9.17, 15) is 9.90 Å². The van der Waals surface area contributed by atoms with E-state index in [1.165, 1.54) is 10.9 Å². The first-order valence-electron chi connectivity index (χ1n) is 5.30. The maximum Gasteiger partial charge on any atom is 0.331 e. The predicted molar refractivity (Wildman–Crippen MR) is 62.6 cm³/mol. The number of rotatable bonds is 5. The highest BCUT2D eigenvalue weighted by atomic mass is 35.5. The minimum atomic E-state index is -1.02. The molecule has 90 valence electrons. The molecule has 1 heterocycles. The molecule has 0 aliphatic heterocycles. The summed E-state index contributed by atoms with van der Waals surface area (Å²) in [5.41, 5.74) is -1.02. The SMILES string of the molecule is CC(C)CCC(C)(C(=O)O)n1cc(Cl)cn1. The summed E-state index contributed by atoms with van der Waals surface area (Å²) in [6.07, 6.45) is 4.38. The number of carboxylic acid groups (broad SMARTS) is 1. The van der Waals surface area contributed by atoms with Crippen LogP contribution in [-0.4, -0.2) is 20.9 Å². The highest BCUT2D eigenvalue weighted by molar-refractivity contribution is 6.30. The van der Waals surface area contributed by atoms with Gasteiger partial charge in [-0.2, -0.15) is 5.10 Å². The lowest BCUT2D eigenvalue weighted by atomic mass is 9.92. The van der Waals surface area contributed by atoms with Crippen LogP contribution in [0.15, 0.2) is 12.4 Å². The van der Waals surface area contributed by atoms with Gasteiger partial charge in [0.1, 0.15) is 0 Å². The number of halogens is 1. The molecule has 0 saturated heterocycles. The number of carboxylic acids is 1. The van der Waals surface area contributed by atoms with Crippen LogP contribution in [0, 0.1) is 5.92 Å². The second-order valence-electron chi connectivity index (χ2n) is 4.61. The topological polar surface area (TPSA) is 55.1 Å². The lowest BCUT2D eigenvalue weighted by molar-refractivity contribution is -0.147. The van der Waals surface area contributed by atoms with E-state index in [-0.39, 0.29) is 0 Å². The van der Waals surface area contributed by atoms with Crippen molar-refractivity contribution >= 4 is 17.6 Å². The van der Waals surface area contributed by atoms with Crippen molar-refractivity contribution in [1.82, 2.24) is 9.78 Å². The van der Waals surface area contributed by atoms with Gasteiger partial charge in [0.2, 0.25) is 0 Å². The number of hydrogen-bond donors (Lipinski definition) is 1. The van der Waals surface area contributed by atoms with Crippen LogP contribution in [0.1, 0.15) is 33.6 Å². The molecule has 0 fully saturated rings. The van der Waals surface area contributed by atoms with Crippen molar-refractivity contribution in [1.29, 1.82) is 0 Å². The minimum Gasteiger partial charge on any atom is -0.479 e. The monoisotopic (exact) mass is 244 g/mol. The van der Waals surface area contributed by atoms with Crippen LogP contribution in [-0.2, 0) is 10.3 Å². The summed E-state index contributed by atoms with van der Waals surface area (Å²) in [4.78, 5) is 11.3. The Labute approximate surface area is 100 Å². The van der Waals surface area contributed by atoms with Crippen LogP contribution in [0.4, 0.5) is 0 Å². The summed E-state index contributed by atoms with van der Waals surface area (Å²) < 4.78 is 1.43. The average Bonchev–Trinajstić information content (AvgIpc) is 2.61. The number of nitrogens with zero attached hydrogens (tertiary/aromatic N) is 2. The quantitative estimate of drug-likeness (QED) is 0.867. The maximum absolute atomic E-state index is 11.3. The van der Waals surface area contributed by atoms with Gasteiger partial charge < -0.3 is 5.11 Å². The van der Waals surface area contributed by atoms with Crippen molar-refractivity contribution in [3.8, 4) is 0 Å². The molecule has 1 aromatic rings. The second kappa shape index (κ2) is 4.87. The van der Waals surface area contributed by atoms with Gasteiger partial charge in [-0.05, 0) is 25.7 Å². The van der Waals surface area contributed by atoms with Gasteiger partial charge in [-0.3, -0.25) is 4.68 Å². The molecule has 16 heavy (non-hydrogen) atoms. The van der Waals surface area contributed by atoms with Crippen molar-refractivity contribution in [2.75, 3.05) is 0 Å². The Balaban J connectivity index is 2.92. The number of aromatic nitrogens is 2. The molecular weight excluding hydrogens is 228 g/mol. The number of hydrogen-bond acceptors (Lipinski definition) is 2. The Kier molecular flexibility index (Phi) is 3.97. The van der Waals surface area contributed by atoms with Gasteiger partial charge >= 0.3 is 5.97 Å². The molecule has 0 saturated carbocycles. The van der Waals surface area contributed by atoms with Crippen LogP contribution in [0.25, 0.3) is 0 Å². The minimum absolute atomic E-state index is 0.456. The van der Waals surface area contributed by atoms with Crippen molar-refractivity contribution in [3.63, 3.8) is 0 Å². The summed E-state index contributed by atoms with van der Waals surface area (Å²) >= 11 is 5.76. The molecular formula is C11H17ClN2O2. The number of aliphatic carboxylic acids is 1.